The van der Waals surface area contributed by atoms with Crippen LogP contribution in [0.25, 0.3) is 10.9 Å². The normalized spacial score (nSPS) is 10.8. The molecule has 2 aromatic rings. The summed E-state index contributed by atoms with van der Waals surface area (Å²) < 4.78 is 1.92. The second-order valence-corrected chi connectivity index (χ2v) is 4.79. The maximum Gasteiger partial charge on any atom is 0.239 e. The second-order valence-electron chi connectivity index (χ2n) is 4.35. The van der Waals surface area contributed by atoms with Crippen molar-refractivity contribution in [2.24, 2.45) is 0 Å². The number of amides is 1. The third-order valence-electron chi connectivity index (χ3n) is 2.90. The summed E-state index contributed by atoms with van der Waals surface area (Å²) in [5, 5.41) is 4.70. The summed E-state index contributed by atoms with van der Waals surface area (Å²) in [7, 11) is 0. The third kappa shape index (κ3) is 3.05. The first-order chi connectivity index (χ1) is 8.70. The van der Waals surface area contributed by atoms with Gasteiger partial charge >= 0.3 is 0 Å². The first-order valence-corrected chi connectivity index (χ1v) is 6.59. The molecule has 1 aromatic heterocycles. The minimum Gasteiger partial charge on any atom is -0.355 e. The zero-order valence-electron chi connectivity index (χ0n) is 10.4. The van der Waals surface area contributed by atoms with Gasteiger partial charge < -0.3 is 9.88 Å². The van der Waals surface area contributed by atoms with Crippen molar-refractivity contribution in [2.75, 3.05) is 6.54 Å². The van der Waals surface area contributed by atoms with Crippen molar-refractivity contribution in [3.63, 3.8) is 0 Å². The van der Waals surface area contributed by atoms with Crippen molar-refractivity contribution in [2.45, 2.75) is 26.3 Å². The number of hydrogen-bond donors (Lipinski definition) is 1. The highest BCUT2D eigenvalue weighted by Crippen LogP contribution is 2.20. The van der Waals surface area contributed by atoms with E-state index in [1.165, 1.54) is 0 Å². The Morgan fingerprint density at radius 2 is 2.22 bits per heavy atom. The molecule has 0 saturated carbocycles. The molecule has 96 valence electrons. The molecule has 0 fully saturated rings. The highest BCUT2D eigenvalue weighted by atomic mass is 35.5. The van der Waals surface area contributed by atoms with Gasteiger partial charge in [-0.2, -0.15) is 0 Å². The van der Waals surface area contributed by atoms with Crippen LogP contribution in [0.5, 0.6) is 0 Å². The maximum absolute atomic E-state index is 11.7. The SMILES string of the molecule is CCCCNC(=O)Cn1ccc2ccc(Cl)cc21. The van der Waals surface area contributed by atoms with Crippen LogP contribution in [0.1, 0.15) is 19.8 Å². The fourth-order valence-electron chi connectivity index (χ4n) is 1.91. The van der Waals surface area contributed by atoms with E-state index in [-0.39, 0.29) is 5.91 Å². The van der Waals surface area contributed by atoms with Gasteiger partial charge in [0.1, 0.15) is 6.54 Å². The van der Waals surface area contributed by atoms with Gasteiger partial charge in [-0.05, 0) is 30.0 Å². The molecule has 1 N–H and O–H groups in total. The average molecular weight is 265 g/mol. The largest absolute Gasteiger partial charge is 0.355 e. The van der Waals surface area contributed by atoms with Crippen molar-refractivity contribution in [3.8, 4) is 0 Å². The molecule has 1 amide bonds. The number of halogens is 1. The Morgan fingerprint density at radius 3 is 3.00 bits per heavy atom. The monoisotopic (exact) mass is 264 g/mol. The number of hydrogen-bond acceptors (Lipinski definition) is 1. The van der Waals surface area contributed by atoms with Crippen molar-refractivity contribution >= 4 is 28.4 Å². The number of carbonyl (C=O) groups excluding carboxylic acids is 1. The number of fused-ring (bicyclic) bond motifs is 1. The maximum atomic E-state index is 11.7. The van der Waals surface area contributed by atoms with Crippen molar-refractivity contribution in [3.05, 3.63) is 35.5 Å². The molecule has 0 aliphatic rings. The summed E-state index contributed by atoms with van der Waals surface area (Å²) in [5.41, 5.74) is 0.994. The van der Waals surface area contributed by atoms with Gasteiger partial charge in [-0.15, -0.1) is 0 Å². The van der Waals surface area contributed by atoms with Crippen LogP contribution in [0.15, 0.2) is 30.5 Å². The molecular weight excluding hydrogens is 248 g/mol. The van der Waals surface area contributed by atoms with Crippen LogP contribution in [-0.2, 0) is 11.3 Å². The Labute approximate surface area is 112 Å². The first-order valence-electron chi connectivity index (χ1n) is 6.22. The van der Waals surface area contributed by atoms with E-state index >= 15 is 0 Å². The van der Waals surface area contributed by atoms with E-state index in [2.05, 4.69) is 12.2 Å². The molecule has 0 radical (unpaired) electrons. The molecule has 1 aromatic carbocycles. The average Bonchev–Trinajstić information content (AvgIpc) is 2.72. The molecule has 2 rings (SSSR count). The highest BCUT2D eigenvalue weighted by molar-refractivity contribution is 6.31. The lowest BCUT2D eigenvalue weighted by atomic mass is 10.2. The lowest BCUT2D eigenvalue weighted by Crippen LogP contribution is -2.28. The number of unbranched alkanes of at least 4 members (excludes halogenated alkanes) is 1. The van der Waals surface area contributed by atoms with Gasteiger partial charge in [0, 0.05) is 23.3 Å². The molecule has 3 nitrogen and oxygen atoms in total. The van der Waals surface area contributed by atoms with E-state index in [0.717, 1.165) is 30.3 Å². The van der Waals surface area contributed by atoms with Crippen LogP contribution in [0.2, 0.25) is 5.02 Å². The van der Waals surface area contributed by atoms with Crippen molar-refractivity contribution in [1.29, 1.82) is 0 Å². The molecule has 18 heavy (non-hydrogen) atoms. The lowest BCUT2D eigenvalue weighted by Gasteiger charge is -2.07. The van der Waals surface area contributed by atoms with Gasteiger partial charge in [0.05, 0.1) is 0 Å². The van der Waals surface area contributed by atoms with Crippen LogP contribution in [0.3, 0.4) is 0 Å². The molecule has 0 saturated heterocycles. The Bertz CT molecular complexity index is 548. The fraction of sp³-hybridized carbons (Fsp3) is 0.357. The van der Waals surface area contributed by atoms with E-state index in [4.69, 9.17) is 11.6 Å². The predicted molar refractivity (Wildman–Crippen MR) is 74.9 cm³/mol. The highest BCUT2D eigenvalue weighted by Gasteiger charge is 2.06. The van der Waals surface area contributed by atoms with E-state index in [9.17, 15) is 4.79 Å². The summed E-state index contributed by atoms with van der Waals surface area (Å²) in [6.07, 6.45) is 4.02. The summed E-state index contributed by atoms with van der Waals surface area (Å²) in [5.74, 6) is 0.0425. The molecule has 0 aliphatic heterocycles. The summed E-state index contributed by atoms with van der Waals surface area (Å²) >= 11 is 5.97. The molecule has 4 heteroatoms. The van der Waals surface area contributed by atoms with E-state index in [1.54, 1.807) is 0 Å². The molecule has 0 unspecified atom stereocenters. The van der Waals surface area contributed by atoms with Crippen LogP contribution < -0.4 is 5.32 Å². The third-order valence-corrected chi connectivity index (χ3v) is 3.14. The molecule has 0 bridgehead atoms. The topological polar surface area (TPSA) is 34.0 Å². The number of aromatic nitrogens is 1. The van der Waals surface area contributed by atoms with Crippen LogP contribution in [-0.4, -0.2) is 17.0 Å². The van der Waals surface area contributed by atoms with E-state index in [0.29, 0.717) is 11.6 Å². The predicted octanol–water partition coefficient (Wildman–Crippen LogP) is 3.21. The van der Waals surface area contributed by atoms with Crippen molar-refractivity contribution < 1.29 is 4.79 Å². The summed E-state index contributed by atoms with van der Waals surface area (Å²) in [6.45, 7) is 3.19. The molecule has 0 atom stereocenters. The zero-order chi connectivity index (χ0) is 13.0. The number of benzene rings is 1. The van der Waals surface area contributed by atoms with E-state index < -0.39 is 0 Å². The van der Waals surface area contributed by atoms with Gasteiger partial charge in [-0.1, -0.05) is 31.0 Å². The van der Waals surface area contributed by atoms with Crippen LogP contribution in [0, 0.1) is 0 Å². The summed E-state index contributed by atoms with van der Waals surface area (Å²) in [4.78, 5) is 11.7. The molecule has 0 aliphatic carbocycles. The number of nitrogens with one attached hydrogen (secondary N) is 1. The Balaban J connectivity index is 2.07. The Kier molecular flexibility index (Phi) is 4.26. The van der Waals surface area contributed by atoms with Gasteiger partial charge in [-0.3, -0.25) is 4.79 Å². The smallest absolute Gasteiger partial charge is 0.239 e. The number of rotatable bonds is 5. The lowest BCUT2D eigenvalue weighted by molar-refractivity contribution is -0.121. The minimum absolute atomic E-state index is 0.0425. The van der Waals surface area contributed by atoms with Crippen LogP contribution >= 0.6 is 11.6 Å². The minimum atomic E-state index is 0.0425. The standard InChI is InChI=1S/C14H17ClN2O/c1-2-3-7-16-14(18)10-17-8-6-11-4-5-12(15)9-13(11)17/h4-6,8-9H,2-3,7,10H2,1H3,(H,16,18). The second kappa shape index (κ2) is 5.91. The first kappa shape index (κ1) is 13.0. The molecule has 1 heterocycles. The fourth-order valence-corrected chi connectivity index (χ4v) is 2.08. The molecule has 0 spiro atoms. The van der Waals surface area contributed by atoms with Gasteiger partial charge in [-0.25, -0.2) is 0 Å². The summed E-state index contributed by atoms with van der Waals surface area (Å²) in [6, 6.07) is 7.69. The van der Waals surface area contributed by atoms with Gasteiger partial charge in [0.15, 0.2) is 0 Å². The van der Waals surface area contributed by atoms with Gasteiger partial charge in [0.2, 0.25) is 5.91 Å². The quantitative estimate of drug-likeness (QED) is 0.827. The van der Waals surface area contributed by atoms with E-state index in [1.807, 2.05) is 35.0 Å². The number of carbonyl (C=O) groups is 1. The van der Waals surface area contributed by atoms with Crippen molar-refractivity contribution in [1.82, 2.24) is 9.88 Å². The Hall–Kier alpha value is -1.48. The van der Waals surface area contributed by atoms with Crippen LogP contribution in [0.4, 0.5) is 0 Å². The number of nitrogens with zero attached hydrogens (tertiary/aromatic N) is 1. The van der Waals surface area contributed by atoms with Gasteiger partial charge in [0.25, 0.3) is 0 Å². The Morgan fingerprint density at radius 1 is 1.39 bits per heavy atom. The zero-order valence-corrected chi connectivity index (χ0v) is 11.2. The molecular formula is C14H17ClN2O.